The van der Waals surface area contributed by atoms with Gasteiger partial charge in [0, 0.05) is 104 Å². The molecule has 15 N–H and O–H groups in total. The Morgan fingerprint density at radius 2 is 0.181 bits per heavy atom. The first kappa shape index (κ1) is 125. The van der Waals surface area contributed by atoms with Crippen LogP contribution in [0.5, 0.6) is 0 Å². The fourth-order valence-electron chi connectivity index (χ4n) is 0. The fourth-order valence-corrected chi connectivity index (χ4v) is 0. The lowest BCUT2D eigenvalue weighted by molar-refractivity contribution is -0.135. The van der Waals surface area contributed by atoms with E-state index in [9.17, 15) is 0 Å². The average molecular weight is 1070 g/mol. The number of hydrogen-bond acceptors (Lipinski definition) is 15. The van der Waals surface area contributed by atoms with Gasteiger partial charge in [0.2, 0.25) is 0 Å². The minimum absolute atomic E-state index is 0.833. The van der Waals surface area contributed by atoms with Crippen molar-refractivity contribution in [2.45, 2.75) is 157 Å². The zero-order valence-corrected chi connectivity index (χ0v) is 45.0. The second kappa shape index (κ2) is 144. The summed E-state index contributed by atoms with van der Waals surface area (Å²) in [6.45, 7) is 38.2. The van der Waals surface area contributed by atoms with Crippen LogP contribution in [0.3, 0.4) is 0 Å². The maximum Gasteiger partial charge on any atom is 0.300 e. The maximum atomic E-state index is 9.00. The van der Waals surface area contributed by atoms with Gasteiger partial charge in [0.1, 0.15) is 0 Å². The molecule has 0 spiro atoms. The van der Waals surface area contributed by atoms with Gasteiger partial charge in [0.25, 0.3) is 89.5 Å². The lowest BCUT2D eigenvalue weighted by Crippen LogP contribution is -1.78. The zero-order chi connectivity index (χ0) is 64.5. The predicted octanol–water partition coefficient (Wildman–Crippen LogP) is 6.29. The Morgan fingerprint density at radius 3 is 0.181 bits per heavy atom. The Kier molecular flexibility index (Phi) is 251. The van der Waals surface area contributed by atoms with Crippen molar-refractivity contribution in [3.8, 4) is 0 Å². The summed E-state index contributed by atoms with van der Waals surface area (Å²) in [4.78, 5) is 135. The summed E-state index contributed by atoms with van der Waals surface area (Å²) in [5, 5.41) is 111. The summed E-state index contributed by atoms with van der Waals surface area (Å²) in [6, 6.07) is 0. The van der Waals surface area contributed by atoms with E-state index in [-0.39, 0.29) is 0 Å². The molecule has 436 valence electrons. The van der Waals surface area contributed by atoms with Gasteiger partial charge in [-0.1, -0.05) is 81.1 Å². The molecule has 0 heterocycles. The Bertz CT molecular complexity index is 823. The number of carbonyl (C=O) groups is 15. The fraction of sp³-hybridized carbons (Fsp3) is 0.548. The van der Waals surface area contributed by atoms with Crippen LogP contribution in [0.2, 0.25) is 0 Å². The molecular weight excluding hydrogens is 984 g/mol. The topological polar surface area (TPSA) is 560 Å². The van der Waals surface area contributed by atoms with Crippen molar-refractivity contribution in [1.29, 1.82) is 0 Å². The lowest BCUT2D eigenvalue weighted by atomic mass is 10.6. The summed E-state index contributed by atoms with van der Waals surface area (Å²) in [5.74, 6) is -12.5. The van der Waals surface area contributed by atoms with Crippen molar-refractivity contribution in [2.75, 3.05) is 0 Å². The summed E-state index contributed by atoms with van der Waals surface area (Å²) in [6.07, 6.45) is 4.00. The molecule has 0 atom stereocenters. The molecular formula is C42H88O30. The zero-order valence-electron chi connectivity index (χ0n) is 45.0. The van der Waals surface area contributed by atoms with Gasteiger partial charge in [-0.05, 0) is 0 Å². The first-order chi connectivity index (χ1) is 31.6. The third-order valence-corrected chi connectivity index (χ3v) is 0. The molecule has 0 bridgehead atoms. The molecule has 0 aromatic heterocycles. The van der Waals surface area contributed by atoms with Crippen molar-refractivity contribution >= 4 is 89.5 Å². The van der Waals surface area contributed by atoms with Crippen LogP contribution in [-0.2, 0) is 71.9 Å². The molecule has 0 fully saturated rings. The molecule has 0 aromatic carbocycles. The average Bonchev–Trinajstić information content (AvgIpc) is 2.98. The summed E-state index contributed by atoms with van der Waals surface area (Å²) >= 11 is 0. The van der Waals surface area contributed by atoms with Crippen LogP contribution in [0.4, 0.5) is 0 Å². The van der Waals surface area contributed by atoms with Crippen molar-refractivity contribution < 1.29 is 149 Å². The predicted molar refractivity (Wildman–Crippen MR) is 262 cm³/mol. The van der Waals surface area contributed by atoms with E-state index in [0.29, 0.717) is 0 Å². The van der Waals surface area contributed by atoms with Crippen LogP contribution in [0, 0.1) is 27.7 Å². The van der Waals surface area contributed by atoms with Crippen LogP contribution >= 0.6 is 0 Å². The van der Waals surface area contributed by atoms with E-state index < -0.39 is 89.5 Å². The van der Waals surface area contributed by atoms with Crippen molar-refractivity contribution in [3.05, 3.63) is 27.7 Å². The molecule has 0 aliphatic heterocycles. The molecule has 0 saturated carbocycles. The highest BCUT2D eigenvalue weighted by atomic mass is 16.4. The van der Waals surface area contributed by atoms with Gasteiger partial charge < -0.3 is 76.6 Å². The summed E-state index contributed by atoms with van der Waals surface area (Å²) < 4.78 is 0. The van der Waals surface area contributed by atoms with E-state index in [4.69, 9.17) is 149 Å². The largest absolute Gasteiger partial charge is 0.481 e. The minimum Gasteiger partial charge on any atom is -0.481 e. The molecule has 0 rings (SSSR count). The van der Waals surface area contributed by atoms with Gasteiger partial charge in [0.15, 0.2) is 0 Å². The molecule has 30 nitrogen and oxygen atoms in total. The maximum absolute atomic E-state index is 9.00. The van der Waals surface area contributed by atoms with Crippen molar-refractivity contribution in [3.63, 3.8) is 0 Å². The normalized spacial score (nSPS) is 6.21. The Labute approximate surface area is 422 Å². The van der Waals surface area contributed by atoms with Crippen LogP contribution in [0.1, 0.15) is 157 Å². The second-order valence-corrected chi connectivity index (χ2v) is 9.79. The first-order valence-corrected chi connectivity index (χ1v) is 18.7. The molecule has 0 aliphatic rings. The lowest BCUT2D eigenvalue weighted by Gasteiger charge is -1.59. The minimum atomic E-state index is -0.833. The van der Waals surface area contributed by atoms with Crippen LogP contribution in [0.15, 0.2) is 0 Å². The Balaban J connectivity index is -0.0000000242. The molecule has 0 amide bonds. The highest BCUT2D eigenvalue weighted by molar-refractivity contribution is 5.66. The van der Waals surface area contributed by atoms with Crippen molar-refractivity contribution in [1.82, 2.24) is 0 Å². The molecule has 0 saturated heterocycles. The third kappa shape index (κ3) is 3660. The van der Waals surface area contributed by atoms with Gasteiger partial charge in [-0.3, -0.25) is 71.9 Å². The van der Waals surface area contributed by atoms with Crippen LogP contribution in [0.25, 0.3) is 0 Å². The summed E-state index contributed by atoms with van der Waals surface area (Å²) in [7, 11) is 0. The Morgan fingerprint density at radius 1 is 0.181 bits per heavy atom. The Hall–Kier alpha value is -7.95. The standard InChI is InChI=1S/4C3H7.15C2H4O2/c4*1-3-2;15*1-2(3)4/h4*1,3H2,2H3;15*1H3,(H,3,4). The molecule has 4 radical (unpaired) electrons. The second-order valence-electron chi connectivity index (χ2n) is 9.79. The number of aliphatic carboxylic acids is 15. The number of carboxylic acids is 15. The highest BCUT2D eigenvalue weighted by Gasteiger charge is 1.70. The molecule has 0 aromatic rings. The third-order valence-electron chi connectivity index (χ3n) is 0. The molecule has 0 unspecified atom stereocenters. The van der Waals surface area contributed by atoms with E-state index in [0.717, 1.165) is 130 Å². The van der Waals surface area contributed by atoms with Gasteiger partial charge in [0.05, 0.1) is 0 Å². The quantitative estimate of drug-likeness (QED) is 0.127. The van der Waals surface area contributed by atoms with E-state index in [1.165, 1.54) is 0 Å². The number of rotatable bonds is 0. The number of carboxylic acid groups (broad SMARTS) is 15. The van der Waals surface area contributed by atoms with Gasteiger partial charge in [-0.25, -0.2) is 0 Å². The van der Waals surface area contributed by atoms with E-state index in [1.807, 2.05) is 27.7 Å². The monoisotopic (exact) mass is 1070 g/mol. The molecule has 72 heavy (non-hydrogen) atoms. The van der Waals surface area contributed by atoms with E-state index in [1.54, 1.807) is 0 Å². The van der Waals surface area contributed by atoms with Gasteiger partial charge >= 0.3 is 0 Å². The van der Waals surface area contributed by atoms with Gasteiger partial charge in [-0.15, -0.1) is 0 Å². The van der Waals surface area contributed by atoms with Crippen LogP contribution in [-0.4, -0.2) is 166 Å². The van der Waals surface area contributed by atoms with Crippen LogP contribution < -0.4 is 0 Å². The SMILES string of the molecule is CC(=O)O.CC(=O)O.CC(=O)O.CC(=O)O.CC(=O)O.CC(=O)O.CC(=O)O.CC(=O)O.CC(=O)O.CC(=O)O.CC(=O)O.CC(=O)O.CC(=O)O.CC(=O)O.CC(=O)O.[CH2]CC.[CH2]CC.[CH2]CC.[CH2]CC. The molecule has 30 heteroatoms. The smallest absolute Gasteiger partial charge is 0.300 e. The van der Waals surface area contributed by atoms with Gasteiger partial charge in [-0.2, -0.15) is 0 Å². The van der Waals surface area contributed by atoms with Crippen molar-refractivity contribution in [2.24, 2.45) is 0 Å². The number of hydrogen-bond donors (Lipinski definition) is 15. The molecule has 0 aliphatic carbocycles. The van der Waals surface area contributed by atoms with E-state index in [2.05, 4.69) is 27.7 Å². The van der Waals surface area contributed by atoms with E-state index >= 15 is 0 Å². The summed E-state index contributed by atoms with van der Waals surface area (Å²) in [5.41, 5.74) is 0. The first-order valence-electron chi connectivity index (χ1n) is 18.7. The highest BCUT2D eigenvalue weighted by Crippen LogP contribution is 1.56.